The number of benzene rings is 1. The van der Waals surface area contributed by atoms with Crippen molar-refractivity contribution >= 4 is 11.8 Å². The van der Waals surface area contributed by atoms with Crippen molar-refractivity contribution < 1.29 is 14.3 Å². The van der Waals surface area contributed by atoms with Crippen LogP contribution in [0.3, 0.4) is 0 Å². The third-order valence-corrected chi connectivity index (χ3v) is 3.93. The predicted octanol–water partition coefficient (Wildman–Crippen LogP) is 2.83. The summed E-state index contributed by atoms with van der Waals surface area (Å²) in [5.74, 6) is 0.258. The highest BCUT2D eigenvalue weighted by atomic mass is 16.5. The van der Waals surface area contributed by atoms with Crippen molar-refractivity contribution in [2.24, 2.45) is 11.8 Å². The van der Waals surface area contributed by atoms with Crippen molar-refractivity contribution in [1.29, 1.82) is 0 Å². The number of hydrogen-bond acceptors (Lipinski definition) is 4. The Morgan fingerprint density at radius 2 is 2.00 bits per heavy atom. The average Bonchev–Trinajstić information content (AvgIpc) is 2.99. The van der Waals surface area contributed by atoms with Gasteiger partial charge in [-0.3, -0.25) is 9.59 Å². The number of carbonyl (C=O) groups excluding carboxylic acids is 2. The molecule has 4 nitrogen and oxygen atoms in total. The molecule has 1 fully saturated rings. The summed E-state index contributed by atoms with van der Waals surface area (Å²) in [7, 11) is 0. The SMILES string of the molecule is CC(C)CC(OC(=O)CC1CCNC1)C(=O)c1ccccc1. The van der Waals surface area contributed by atoms with Crippen LogP contribution in [0.25, 0.3) is 0 Å². The smallest absolute Gasteiger partial charge is 0.306 e. The molecule has 4 heteroatoms. The number of ether oxygens (including phenoxy) is 1. The molecule has 22 heavy (non-hydrogen) atoms. The van der Waals surface area contributed by atoms with Gasteiger partial charge in [-0.05, 0) is 37.8 Å². The first-order valence-electron chi connectivity index (χ1n) is 8.05. The summed E-state index contributed by atoms with van der Waals surface area (Å²) in [4.78, 5) is 24.7. The molecule has 120 valence electrons. The van der Waals surface area contributed by atoms with E-state index >= 15 is 0 Å². The van der Waals surface area contributed by atoms with Crippen LogP contribution < -0.4 is 5.32 Å². The molecule has 0 aromatic heterocycles. The fourth-order valence-corrected chi connectivity index (χ4v) is 2.76. The lowest BCUT2D eigenvalue weighted by Crippen LogP contribution is -2.30. The molecule has 1 saturated heterocycles. The Labute approximate surface area is 132 Å². The summed E-state index contributed by atoms with van der Waals surface area (Å²) in [6.45, 7) is 5.87. The number of esters is 1. The van der Waals surface area contributed by atoms with Gasteiger partial charge in [-0.1, -0.05) is 44.2 Å². The van der Waals surface area contributed by atoms with Crippen LogP contribution in [-0.2, 0) is 9.53 Å². The lowest BCUT2D eigenvalue weighted by molar-refractivity contribution is -0.148. The van der Waals surface area contributed by atoms with E-state index in [2.05, 4.69) is 5.32 Å². The van der Waals surface area contributed by atoms with Crippen LogP contribution in [0, 0.1) is 11.8 Å². The van der Waals surface area contributed by atoms with Crippen molar-refractivity contribution in [2.75, 3.05) is 13.1 Å². The third-order valence-electron chi connectivity index (χ3n) is 3.93. The van der Waals surface area contributed by atoms with E-state index < -0.39 is 6.10 Å². The highest BCUT2D eigenvalue weighted by molar-refractivity contribution is 6.00. The maximum absolute atomic E-state index is 12.6. The summed E-state index contributed by atoms with van der Waals surface area (Å²) in [5, 5.41) is 3.24. The van der Waals surface area contributed by atoms with Crippen LogP contribution in [0.1, 0.15) is 43.5 Å². The van der Waals surface area contributed by atoms with Gasteiger partial charge in [0.25, 0.3) is 0 Å². The minimum atomic E-state index is -0.677. The summed E-state index contributed by atoms with van der Waals surface area (Å²) >= 11 is 0. The van der Waals surface area contributed by atoms with E-state index in [9.17, 15) is 9.59 Å². The van der Waals surface area contributed by atoms with Gasteiger partial charge in [0.2, 0.25) is 5.78 Å². The van der Waals surface area contributed by atoms with Gasteiger partial charge in [-0.25, -0.2) is 0 Å². The zero-order valence-corrected chi connectivity index (χ0v) is 13.4. The number of Topliss-reactive ketones (excluding diaryl/α,β-unsaturated/α-hetero) is 1. The maximum Gasteiger partial charge on any atom is 0.306 e. The molecular formula is C18H25NO3. The van der Waals surface area contributed by atoms with Crippen molar-refractivity contribution in [2.45, 2.75) is 39.2 Å². The lowest BCUT2D eigenvalue weighted by atomic mass is 9.98. The number of carbonyl (C=O) groups is 2. The van der Waals surface area contributed by atoms with E-state index in [4.69, 9.17) is 4.74 Å². The Bertz CT molecular complexity index is 492. The van der Waals surface area contributed by atoms with E-state index in [0.717, 1.165) is 19.5 Å². The van der Waals surface area contributed by atoms with Crippen LogP contribution in [-0.4, -0.2) is 30.9 Å². The van der Waals surface area contributed by atoms with Gasteiger partial charge in [-0.2, -0.15) is 0 Å². The predicted molar refractivity (Wildman–Crippen MR) is 85.7 cm³/mol. The van der Waals surface area contributed by atoms with Crippen molar-refractivity contribution in [3.05, 3.63) is 35.9 Å². The largest absolute Gasteiger partial charge is 0.454 e. The minimum Gasteiger partial charge on any atom is -0.454 e. The molecule has 1 aliphatic rings. The fraction of sp³-hybridized carbons (Fsp3) is 0.556. The summed E-state index contributed by atoms with van der Waals surface area (Å²) < 4.78 is 5.52. The minimum absolute atomic E-state index is 0.104. The fourth-order valence-electron chi connectivity index (χ4n) is 2.76. The Balaban J connectivity index is 1.99. The molecule has 1 aromatic rings. The van der Waals surface area contributed by atoms with Crippen molar-refractivity contribution in [3.8, 4) is 0 Å². The second kappa shape index (κ2) is 8.08. The summed E-state index contributed by atoms with van der Waals surface area (Å²) in [6, 6.07) is 9.06. The van der Waals surface area contributed by atoms with Gasteiger partial charge in [0.1, 0.15) is 0 Å². The molecule has 2 unspecified atom stereocenters. The second-order valence-corrected chi connectivity index (χ2v) is 6.40. The molecule has 0 bridgehead atoms. The summed E-state index contributed by atoms with van der Waals surface area (Å²) in [5.41, 5.74) is 0.600. The molecule has 1 heterocycles. The Kier molecular flexibility index (Phi) is 6.13. The molecule has 1 aromatic carbocycles. The normalized spacial score (nSPS) is 19.1. The first kappa shape index (κ1) is 16.7. The molecule has 0 radical (unpaired) electrons. The molecule has 0 spiro atoms. The van der Waals surface area contributed by atoms with E-state index in [1.54, 1.807) is 12.1 Å². The zero-order valence-electron chi connectivity index (χ0n) is 13.4. The number of ketones is 1. The van der Waals surface area contributed by atoms with Crippen LogP contribution in [0.5, 0.6) is 0 Å². The van der Waals surface area contributed by atoms with Gasteiger partial charge < -0.3 is 10.1 Å². The molecule has 2 atom stereocenters. The van der Waals surface area contributed by atoms with Crippen molar-refractivity contribution in [3.63, 3.8) is 0 Å². The van der Waals surface area contributed by atoms with Gasteiger partial charge in [0.15, 0.2) is 6.10 Å². The average molecular weight is 303 g/mol. The monoisotopic (exact) mass is 303 g/mol. The molecule has 1 N–H and O–H groups in total. The number of nitrogens with one attached hydrogen (secondary N) is 1. The molecule has 0 saturated carbocycles. The van der Waals surface area contributed by atoms with Gasteiger partial charge in [0.05, 0.1) is 0 Å². The van der Waals surface area contributed by atoms with Gasteiger partial charge in [-0.15, -0.1) is 0 Å². The zero-order chi connectivity index (χ0) is 15.9. The quantitative estimate of drug-likeness (QED) is 0.621. The maximum atomic E-state index is 12.6. The van der Waals surface area contributed by atoms with E-state index in [0.29, 0.717) is 30.2 Å². The molecular weight excluding hydrogens is 278 g/mol. The molecule has 0 amide bonds. The molecule has 1 aliphatic heterocycles. The highest BCUT2D eigenvalue weighted by Crippen LogP contribution is 2.18. The van der Waals surface area contributed by atoms with Crippen LogP contribution in [0.2, 0.25) is 0 Å². The molecule has 0 aliphatic carbocycles. The highest BCUT2D eigenvalue weighted by Gasteiger charge is 2.27. The van der Waals surface area contributed by atoms with E-state index in [-0.39, 0.29) is 11.8 Å². The third kappa shape index (κ3) is 4.95. The Hall–Kier alpha value is -1.68. The summed E-state index contributed by atoms with van der Waals surface area (Å²) in [6.07, 6.45) is 1.27. The number of hydrogen-bond donors (Lipinski definition) is 1. The van der Waals surface area contributed by atoms with Crippen LogP contribution in [0.4, 0.5) is 0 Å². The van der Waals surface area contributed by atoms with E-state index in [1.807, 2.05) is 32.0 Å². The molecule has 2 rings (SSSR count). The van der Waals surface area contributed by atoms with Crippen molar-refractivity contribution in [1.82, 2.24) is 5.32 Å². The standard InChI is InChI=1S/C18H25NO3/c1-13(2)10-16(18(21)15-6-4-3-5-7-15)22-17(20)11-14-8-9-19-12-14/h3-7,13-14,16,19H,8-12H2,1-2H3. The number of rotatable bonds is 7. The first-order valence-corrected chi connectivity index (χ1v) is 8.05. The topological polar surface area (TPSA) is 55.4 Å². The first-order chi connectivity index (χ1) is 10.6. The Morgan fingerprint density at radius 1 is 1.27 bits per heavy atom. The lowest BCUT2D eigenvalue weighted by Gasteiger charge is -2.19. The van der Waals surface area contributed by atoms with Gasteiger partial charge >= 0.3 is 5.97 Å². The van der Waals surface area contributed by atoms with E-state index in [1.165, 1.54) is 0 Å². The van der Waals surface area contributed by atoms with Crippen LogP contribution in [0.15, 0.2) is 30.3 Å². The Morgan fingerprint density at radius 3 is 2.59 bits per heavy atom. The second-order valence-electron chi connectivity index (χ2n) is 6.40. The van der Waals surface area contributed by atoms with Gasteiger partial charge in [0, 0.05) is 12.0 Å². The van der Waals surface area contributed by atoms with Crippen LogP contribution >= 0.6 is 0 Å².